The summed E-state index contributed by atoms with van der Waals surface area (Å²) in [7, 11) is 0. The van der Waals surface area contributed by atoms with E-state index in [1.165, 1.54) is 18.3 Å². The zero-order chi connectivity index (χ0) is 13.8. The van der Waals surface area contributed by atoms with Crippen molar-refractivity contribution < 1.29 is 19.1 Å². The number of aromatic nitrogens is 1. The molecule has 1 fully saturated rings. The monoisotopic (exact) mass is 266 g/mol. The van der Waals surface area contributed by atoms with E-state index in [0.717, 1.165) is 0 Å². The molecule has 1 aliphatic rings. The number of carbonyl (C=O) groups is 2. The average Bonchev–Trinajstić information content (AvgIpc) is 2.39. The van der Waals surface area contributed by atoms with E-state index < -0.39 is 11.9 Å². The first-order valence-corrected chi connectivity index (χ1v) is 6.19. The van der Waals surface area contributed by atoms with Gasteiger partial charge in [-0.1, -0.05) is 0 Å². The highest BCUT2D eigenvalue weighted by molar-refractivity contribution is 5.94. The number of amides is 1. The quantitative estimate of drug-likeness (QED) is 0.843. The zero-order valence-electron chi connectivity index (χ0n) is 10.4. The minimum Gasteiger partial charge on any atom is -0.481 e. The fourth-order valence-corrected chi connectivity index (χ4v) is 2.30. The van der Waals surface area contributed by atoms with Crippen LogP contribution in [0.4, 0.5) is 4.39 Å². The predicted molar refractivity (Wildman–Crippen MR) is 65.1 cm³/mol. The summed E-state index contributed by atoms with van der Waals surface area (Å²) in [6, 6.07) is 2.93. The number of carbonyl (C=O) groups excluding carboxylic acids is 1. The number of rotatable bonds is 3. The van der Waals surface area contributed by atoms with Crippen molar-refractivity contribution in [2.45, 2.75) is 19.3 Å². The van der Waals surface area contributed by atoms with Crippen molar-refractivity contribution in [2.75, 3.05) is 13.1 Å². The smallest absolute Gasteiger partial charge is 0.303 e. The van der Waals surface area contributed by atoms with Gasteiger partial charge < -0.3 is 10.0 Å². The number of carboxylic acids is 1. The molecule has 1 aliphatic heterocycles. The van der Waals surface area contributed by atoms with Gasteiger partial charge in [0.15, 0.2) is 0 Å². The first-order valence-electron chi connectivity index (χ1n) is 6.19. The summed E-state index contributed by atoms with van der Waals surface area (Å²) in [5, 5.41) is 8.72. The summed E-state index contributed by atoms with van der Waals surface area (Å²) >= 11 is 0. The summed E-state index contributed by atoms with van der Waals surface area (Å²) in [5.41, 5.74) is -0.0285. The number of aliphatic carboxylic acids is 1. The van der Waals surface area contributed by atoms with Crippen molar-refractivity contribution >= 4 is 11.9 Å². The maximum Gasteiger partial charge on any atom is 0.303 e. The molecule has 0 unspecified atom stereocenters. The Balaban J connectivity index is 1.96. The maximum atomic E-state index is 13.4. The van der Waals surface area contributed by atoms with Crippen LogP contribution in [0.2, 0.25) is 0 Å². The van der Waals surface area contributed by atoms with Crippen LogP contribution in [0.25, 0.3) is 0 Å². The van der Waals surface area contributed by atoms with E-state index in [2.05, 4.69) is 4.98 Å². The lowest BCUT2D eigenvalue weighted by Crippen LogP contribution is -2.39. The number of likely N-dealkylation sites (tertiary alicyclic amines) is 1. The lowest BCUT2D eigenvalue weighted by molar-refractivity contribution is -0.138. The van der Waals surface area contributed by atoms with Crippen LogP contribution in [0.5, 0.6) is 0 Å². The Hall–Kier alpha value is -1.98. The topological polar surface area (TPSA) is 70.5 Å². The molecular weight excluding hydrogens is 251 g/mol. The van der Waals surface area contributed by atoms with Crippen LogP contribution in [-0.4, -0.2) is 40.0 Å². The van der Waals surface area contributed by atoms with Gasteiger partial charge in [-0.3, -0.25) is 9.59 Å². The minimum atomic E-state index is -0.817. The van der Waals surface area contributed by atoms with Gasteiger partial charge in [0.2, 0.25) is 5.95 Å². The summed E-state index contributed by atoms with van der Waals surface area (Å²) in [6.45, 7) is 0.927. The molecule has 1 N–H and O–H groups in total. The molecule has 2 heterocycles. The second-order valence-corrected chi connectivity index (χ2v) is 4.68. The normalized spacial score (nSPS) is 16.4. The number of hydrogen-bond donors (Lipinski definition) is 1. The Kier molecular flexibility index (Phi) is 4.09. The molecule has 1 aromatic heterocycles. The van der Waals surface area contributed by atoms with E-state index in [4.69, 9.17) is 5.11 Å². The summed E-state index contributed by atoms with van der Waals surface area (Å²) in [5.74, 6) is -1.86. The lowest BCUT2D eigenvalue weighted by Gasteiger charge is -2.31. The van der Waals surface area contributed by atoms with Crippen molar-refractivity contribution in [1.82, 2.24) is 9.88 Å². The minimum absolute atomic E-state index is 0.0285. The molecule has 6 heteroatoms. The highest BCUT2D eigenvalue weighted by atomic mass is 19.1. The molecule has 5 nitrogen and oxygen atoms in total. The number of halogens is 1. The van der Waals surface area contributed by atoms with Gasteiger partial charge in [-0.15, -0.1) is 0 Å². The molecule has 1 saturated heterocycles. The Bertz CT molecular complexity index is 485. The molecule has 0 atom stereocenters. The number of hydrogen-bond acceptors (Lipinski definition) is 3. The number of carboxylic acid groups (broad SMARTS) is 1. The number of pyridine rings is 1. The lowest BCUT2D eigenvalue weighted by atomic mass is 9.93. The molecule has 102 valence electrons. The van der Waals surface area contributed by atoms with Gasteiger partial charge in [0, 0.05) is 25.7 Å². The standard InChI is InChI=1S/C13H15FN2O3/c14-12-10(2-1-5-15-12)13(19)16-6-3-9(4-7-16)8-11(17)18/h1-2,5,9H,3-4,6-8H2,(H,17,18). The molecule has 0 aromatic carbocycles. The van der Waals surface area contributed by atoms with E-state index in [0.29, 0.717) is 25.9 Å². The van der Waals surface area contributed by atoms with Crippen LogP contribution >= 0.6 is 0 Å². The second kappa shape index (κ2) is 5.77. The molecule has 0 bridgehead atoms. The molecule has 1 amide bonds. The summed E-state index contributed by atoms with van der Waals surface area (Å²) in [6.07, 6.45) is 2.70. The van der Waals surface area contributed by atoms with E-state index in [1.807, 2.05) is 0 Å². The van der Waals surface area contributed by atoms with Crippen LogP contribution in [0.3, 0.4) is 0 Å². The van der Waals surface area contributed by atoms with Gasteiger partial charge in [0.25, 0.3) is 5.91 Å². The van der Waals surface area contributed by atoms with Crippen LogP contribution < -0.4 is 0 Å². The highest BCUT2D eigenvalue weighted by Crippen LogP contribution is 2.22. The van der Waals surface area contributed by atoms with Gasteiger partial charge in [-0.05, 0) is 30.9 Å². The third-order valence-corrected chi connectivity index (χ3v) is 3.35. The molecule has 0 aliphatic carbocycles. The van der Waals surface area contributed by atoms with Gasteiger partial charge >= 0.3 is 5.97 Å². The average molecular weight is 266 g/mol. The molecule has 0 saturated carbocycles. The first-order chi connectivity index (χ1) is 9.08. The molecule has 1 aromatic rings. The number of nitrogens with zero attached hydrogens (tertiary/aromatic N) is 2. The predicted octanol–water partition coefficient (Wildman–Crippen LogP) is 1.55. The van der Waals surface area contributed by atoms with Crippen molar-refractivity contribution in [3.8, 4) is 0 Å². The van der Waals surface area contributed by atoms with E-state index in [9.17, 15) is 14.0 Å². The third kappa shape index (κ3) is 3.27. The van der Waals surface area contributed by atoms with Crippen molar-refractivity contribution in [2.24, 2.45) is 5.92 Å². The zero-order valence-corrected chi connectivity index (χ0v) is 10.4. The van der Waals surface area contributed by atoms with E-state index >= 15 is 0 Å². The largest absolute Gasteiger partial charge is 0.481 e. The van der Waals surface area contributed by atoms with Gasteiger partial charge in [-0.2, -0.15) is 4.39 Å². The van der Waals surface area contributed by atoms with Gasteiger partial charge in [0.05, 0.1) is 5.56 Å². The van der Waals surface area contributed by atoms with Crippen LogP contribution in [0.15, 0.2) is 18.3 Å². The first kappa shape index (κ1) is 13.5. The Morgan fingerprint density at radius 2 is 2.11 bits per heavy atom. The van der Waals surface area contributed by atoms with E-state index in [-0.39, 0.29) is 23.8 Å². The Morgan fingerprint density at radius 3 is 2.68 bits per heavy atom. The second-order valence-electron chi connectivity index (χ2n) is 4.68. The van der Waals surface area contributed by atoms with Gasteiger partial charge in [0.1, 0.15) is 0 Å². The van der Waals surface area contributed by atoms with Gasteiger partial charge in [-0.25, -0.2) is 4.98 Å². The molecular formula is C13H15FN2O3. The molecule has 0 spiro atoms. The van der Waals surface area contributed by atoms with Crippen LogP contribution in [-0.2, 0) is 4.79 Å². The fourth-order valence-electron chi connectivity index (χ4n) is 2.30. The van der Waals surface area contributed by atoms with Crippen molar-refractivity contribution in [3.63, 3.8) is 0 Å². The maximum absolute atomic E-state index is 13.4. The summed E-state index contributed by atoms with van der Waals surface area (Å²) < 4.78 is 13.4. The highest BCUT2D eigenvalue weighted by Gasteiger charge is 2.26. The Morgan fingerprint density at radius 1 is 1.42 bits per heavy atom. The molecule has 2 rings (SSSR count). The summed E-state index contributed by atoms with van der Waals surface area (Å²) in [4.78, 5) is 27.7. The Labute approximate surface area is 110 Å². The third-order valence-electron chi connectivity index (χ3n) is 3.35. The molecule has 19 heavy (non-hydrogen) atoms. The molecule has 0 radical (unpaired) electrons. The van der Waals surface area contributed by atoms with Crippen LogP contribution in [0, 0.1) is 11.9 Å². The van der Waals surface area contributed by atoms with Crippen LogP contribution in [0.1, 0.15) is 29.6 Å². The SMILES string of the molecule is O=C(O)CC1CCN(C(=O)c2cccnc2F)CC1. The number of piperidine rings is 1. The van der Waals surface area contributed by atoms with Crippen molar-refractivity contribution in [3.05, 3.63) is 29.8 Å². The van der Waals surface area contributed by atoms with E-state index in [1.54, 1.807) is 4.90 Å². The van der Waals surface area contributed by atoms with Crippen molar-refractivity contribution in [1.29, 1.82) is 0 Å². The fraction of sp³-hybridized carbons (Fsp3) is 0.462.